The van der Waals surface area contributed by atoms with Gasteiger partial charge in [0.1, 0.15) is 0 Å². The predicted octanol–water partition coefficient (Wildman–Crippen LogP) is 0.885. The van der Waals surface area contributed by atoms with Gasteiger partial charge in [-0.05, 0) is 18.8 Å². The number of nitrogen functional groups attached to an aromatic ring is 1. The van der Waals surface area contributed by atoms with Crippen molar-refractivity contribution in [2.75, 3.05) is 12.3 Å². The summed E-state index contributed by atoms with van der Waals surface area (Å²) in [6.07, 6.45) is 2.68. The Hall–Kier alpha value is -1.63. The number of rotatable bonds is 5. The number of thiazole rings is 1. The van der Waals surface area contributed by atoms with Crippen molar-refractivity contribution in [3.8, 4) is 0 Å². The van der Waals surface area contributed by atoms with E-state index in [1.165, 1.54) is 11.3 Å². The molecule has 1 aliphatic carbocycles. The molecule has 2 unspecified atom stereocenters. The van der Waals surface area contributed by atoms with E-state index >= 15 is 0 Å². The average Bonchev–Trinajstić information content (AvgIpc) is 2.95. The molecule has 1 aromatic heterocycles. The lowest BCUT2D eigenvalue weighted by molar-refractivity contribution is -0.143. The number of carboxylic acid groups (broad SMARTS) is 1. The molecule has 0 aromatic carbocycles. The van der Waals surface area contributed by atoms with Crippen LogP contribution >= 0.6 is 11.3 Å². The molecule has 1 aliphatic rings. The Morgan fingerprint density at radius 1 is 1.53 bits per heavy atom. The van der Waals surface area contributed by atoms with Crippen molar-refractivity contribution in [2.45, 2.75) is 25.7 Å². The number of nitrogens with two attached hydrogens (primary N) is 1. The molecule has 104 valence electrons. The van der Waals surface area contributed by atoms with Gasteiger partial charge in [-0.25, -0.2) is 4.98 Å². The molecular weight excluding hydrogens is 266 g/mol. The molecule has 7 heteroatoms. The van der Waals surface area contributed by atoms with Gasteiger partial charge in [0.15, 0.2) is 5.13 Å². The summed E-state index contributed by atoms with van der Waals surface area (Å²) in [6, 6.07) is 0. The summed E-state index contributed by atoms with van der Waals surface area (Å²) in [5, 5.41) is 14.0. The standard InChI is InChI=1S/C12H17N3O3S/c13-12-15-8(6-19-12)4-10(16)14-5-7-2-1-3-9(7)11(17)18/h6-7,9H,1-5H2,(H2,13,15)(H,14,16)(H,17,18). The quantitative estimate of drug-likeness (QED) is 0.744. The van der Waals surface area contributed by atoms with Crippen molar-refractivity contribution in [1.82, 2.24) is 10.3 Å². The van der Waals surface area contributed by atoms with Crippen molar-refractivity contribution in [3.63, 3.8) is 0 Å². The van der Waals surface area contributed by atoms with Crippen molar-refractivity contribution in [2.24, 2.45) is 11.8 Å². The lowest BCUT2D eigenvalue weighted by Crippen LogP contribution is -2.33. The third-order valence-electron chi connectivity index (χ3n) is 3.45. The van der Waals surface area contributed by atoms with Gasteiger partial charge in [0.2, 0.25) is 5.91 Å². The van der Waals surface area contributed by atoms with E-state index in [-0.39, 0.29) is 24.2 Å². The maximum absolute atomic E-state index is 11.7. The van der Waals surface area contributed by atoms with Gasteiger partial charge in [-0.3, -0.25) is 9.59 Å². The van der Waals surface area contributed by atoms with Crippen molar-refractivity contribution in [1.29, 1.82) is 0 Å². The number of amides is 1. The lowest BCUT2D eigenvalue weighted by Gasteiger charge is -2.16. The molecule has 6 nitrogen and oxygen atoms in total. The van der Waals surface area contributed by atoms with Gasteiger partial charge >= 0.3 is 5.97 Å². The molecule has 0 aliphatic heterocycles. The first kappa shape index (κ1) is 13.8. The summed E-state index contributed by atoms with van der Waals surface area (Å²) < 4.78 is 0. The number of anilines is 1. The largest absolute Gasteiger partial charge is 0.481 e. The van der Waals surface area contributed by atoms with Crippen LogP contribution in [0.15, 0.2) is 5.38 Å². The molecule has 0 saturated heterocycles. The predicted molar refractivity (Wildman–Crippen MR) is 71.7 cm³/mol. The van der Waals surface area contributed by atoms with Crippen LogP contribution in [0.4, 0.5) is 5.13 Å². The molecule has 1 aromatic rings. The minimum atomic E-state index is -0.760. The highest BCUT2D eigenvalue weighted by atomic mass is 32.1. The Balaban J connectivity index is 1.78. The van der Waals surface area contributed by atoms with Crippen molar-refractivity contribution in [3.05, 3.63) is 11.1 Å². The molecule has 2 atom stereocenters. The van der Waals surface area contributed by atoms with E-state index < -0.39 is 5.97 Å². The van der Waals surface area contributed by atoms with E-state index in [2.05, 4.69) is 10.3 Å². The Bertz CT molecular complexity index is 475. The second-order valence-electron chi connectivity index (χ2n) is 4.79. The molecule has 4 N–H and O–H groups in total. The Morgan fingerprint density at radius 3 is 2.95 bits per heavy atom. The van der Waals surface area contributed by atoms with Crippen LogP contribution in [0.3, 0.4) is 0 Å². The van der Waals surface area contributed by atoms with Crippen molar-refractivity contribution >= 4 is 28.3 Å². The highest BCUT2D eigenvalue weighted by Gasteiger charge is 2.32. The van der Waals surface area contributed by atoms with Gasteiger partial charge in [0.25, 0.3) is 0 Å². The number of carboxylic acids is 1. The Kier molecular flexibility index (Phi) is 4.36. The maximum Gasteiger partial charge on any atom is 0.306 e. The summed E-state index contributed by atoms with van der Waals surface area (Å²) in [5.41, 5.74) is 6.14. The monoisotopic (exact) mass is 283 g/mol. The first-order chi connectivity index (χ1) is 9.06. The van der Waals surface area contributed by atoms with Gasteiger partial charge < -0.3 is 16.2 Å². The molecule has 0 radical (unpaired) electrons. The van der Waals surface area contributed by atoms with Crippen LogP contribution in [-0.2, 0) is 16.0 Å². The summed E-state index contributed by atoms with van der Waals surface area (Å²) >= 11 is 1.30. The van der Waals surface area contributed by atoms with Crippen LogP contribution in [0.1, 0.15) is 25.0 Å². The van der Waals surface area contributed by atoms with Crippen LogP contribution < -0.4 is 11.1 Å². The number of carbonyl (C=O) groups excluding carboxylic acids is 1. The van der Waals surface area contributed by atoms with Crippen LogP contribution in [0.2, 0.25) is 0 Å². The first-order valence-corrected chi connectivity index (χ1v) is 7.13. The smallest absolute Gasteiger partial charge is 0.306 e. The summed E-state index contributed by atoms with van der Waals surface area (Å²) in [5.74, 6) is -1.18. The number of hydrogen-bond acceptors (Lipinski definition) is 5. The molecular formula is C12H17N3O3S. The van der Waals surface area contributed by atoms with E-state index in [9.17, 15) is 9.59 Å². The van der Waals surface area contributed by atoms with Crippen LogP contribution in [0.25, 0.3) is 0 Å². The molecule has 1 fully saturated rings. The zero-order valence-electron chi connectivity index (χ0n) is 10.5. The van der Waals surface area contributed by atoms with E-state index in [1.807, 2.05) is 0 Å². The van der Waals surface area contributed by atoms with Crippen LogP contribution in [0, 0.1) is 11.8 Å². The maximum atomic E-state index is 11.7. The minimum absolute atomic E-state index is 0.0435. The number of carbonyl (C=O) groups is 2. The number of nitrogens with zero attached hydrogens (tertiary/aromatic N) is 1. The summed E-state index contributed by atoms with van der Waals surface area (Å²) in [7, 11) is 0. The molecule has 19 heavy (non-hydrogen) atoms. The number of nitrogens with one attached hydrogen (secondary N) is 1. The number of hydrogen-bond donors (Lipinski definition) is 3. The third kappa shape index (κ3) is 3.66. The second-order valence-corrected chi connectivity index (χ2v) is 5.68. The molecule has 1 saturated carbocycles. The average molecular weight is 283 g/mol. The zero-order valence-corrected chi connectivity index (χ0v) is 11.3. The zero-order chi connectivity index (χ0) is 13.8. The van der Waals surface area contributed by atoms with Gasteiger partial charge in [0.05, 0.1) is 18.0 Å². The highest BCUT2D eigenvalue weighted by Crippen LogP contribution is 2.31. The highest BCUT2D eigenvalue weighted by molar-refractivity contribution is 7.13. The molecule has 1 heterocycles. The fraction of sp³-hybridized carbons (Fsp3) is 0.583. The second kappa shape index (κ2) is 6.01. The van der Waals surface area contributed by atoms with E-state index in [4.69, 9.17) is 10.8 Å². The first-order valence-electron chi connectivity index (χ1n) is 6.25. The van der Waals surface area contributed by atoms with Gasteiger partial charge in [-0.2, -0.15) is 0 Å². The third-order valence-corrected chi connectivity index (χ3v) is 4.17. The molecule has 1 amide bonds. The lowest BCUT2D eigenvalue weighted by atomic mass is 9.96. The van der Waals surface area contributed by atoms with Crippen LogP contribution in [-0.4, -0.2) is 28.5 Å². The molecule has 2 rings (SSSR count). The van der Waals surface area contributed by atoms with Crippen LogP contribution in [0.5, 0.6) is 0 Å². The Labute approximate surface area is 115 Å². The van der Waals surface area contributed by atoms with E-state index in [1.54, 1.807) is 5.38 Å². The van der Waals surface area contributed by atoms with Gasteiger partial charge in [-0.15, -0.1) is 11.3 Å². The van der Waals surface area contributed by atoms with Crippen molar-refractivity contribution < 1.29 is 14.7 Å². The molecule has 0 spiro atoms. The van der Waals surface area contributed by atoms with E-state index in [0.29, 0.717) is 23.8 Å². The fourth-order valence-electron chi connectivity index (χ4n) is 2.48. The van der Waals surface area contributed by atoms with Gasteiger partial charge in [-0.1, -0.05) is 6.42 Å². The fourth-order valence-corrected chi connectivity index (χ4v) is 3.04. The topological polar surface area (TPSA) is 105 Å². The number of aromatic nitrogens is 1. The summed E-state index contributed by atoms with van der Waals surface area (Å²) in [4.78, 5) is 26.8. The normalized spacial score (nSPS) is 22.3. The van der Waals surface area contributed by atoms with E-state index in [0.717, 1.165) is 12.8 Å². The summed E-state index contributed by atoms with van der Waals surface area (Å²) in [6.45, 7) is 0.426. The van der Waals surface area contributed by atoms with Gasteiger partial charge in [0, 0.05) is 11.9 Å². The minimum Gasteiger partial charge on any atom is -0.481 e. The SMILES string of the molecule is Nc1nc(CC(=O)NCC2CCCC2C(=O)O)cs1. The molecule has 0 bridgehead atoms. The number of aliphatic carboxylic acids is 1. The Morgan fingerprint density at radius 2 is 2.32 bits per heavy atom.